The molecule has 1 aliphatic rings. The van der Waals surface area contributed by atoms with Crippen molar-refractivity contribution in [3.05, 3.63) is 24.3 Å². The van der Waals surface area contributed by atoms with E-state index in [-0.39, 0.29) is 17.7 Å². The summed E-state index contributed by atoms with van der Waals surface area (Å²) in [7, 11) is 1.72. The van der Waals surface area contributed by atoms with Gasteiger partial charge in [-0.15, -0.1) is 0 Å². The number of likely N-dealkylation sites (tertiary alicyclic amines) is 1. The Morgan fingerprint density at radius 3 is 2.46 bits per heavy atom. The van der Waals surface area contributed by atoms with Crippen LogP contribution in [0.5, 0.6) is 0 Å². The fourth-order valence-electron chi connectivity index (χ4n) is 3.17. The van der Waals surface area contributed by atoms with Crippen LogP contribution in [-0.2, 0) is 9.59 Å². The third-order valence-corrected chi connectivity index (χ3v) is 4.58. The standard InChI is InChI=1S/C19H29N3O2/c1-14(2)13-22-11-9-16(10-12-22)19(24)20-17-7-5-6-8-18(17)21(4)15(3)23/h5-8,14,16H,9-13H2,1-4H3,(H,20,24). The average molecular weight is 331 g/mol. The third kappa shape index (κ3) is 4.81. The van der Waals surface area contributed by atoms with Gasteiger partial charge >= 0.3 is 0 Å². The van der Waals surface area contributed by atoms with Gasteiger partial charge in [-0.25, -0.2) is 0 Å². The first-order chi connectivity index (χ1) is 11.4. The number of carbonyl (C=O) groups is 2. The Morgan fingerprint density at radius 2 is 1.88 bits per heavy atom. The number of rotatable bonds is 5. The Hall–Kier alpha value is -1.88. The smallest absolute Gasteiger partial charge is 0.227 e. The van der Waals surface area contributed by atoms with Crippen LogP contribution in [0.25, 0.3) is 0 Å². The van der Waals surface area contributed by atoms with E-state index in [1.54, 1.807) is 11.9 Å². The molecule has 0 aliphatic carbocycles. The van der Waals surface area contributed by atoms with Gasteiger partial charge in [0.15, 0.2) is 0 Å². The van der Waals surface area contributed by atoms with E-state index >= 15 is 0 Å². The van der Waals surface area contributed by atoms with Crippen molar-refractivity contribution in [2.24, 2.45) is 11.8 Å². The Labute approximate surface area is 145 Å². The summed E-state index contributed by atoms with van der Waals surface area (Å²) < 4.78 is 0. The second-order valence-electron chi connectivity index (χ2n) is 7.05. The summed E-state index contributed by atoms with van der Waals surface area (Å²) in [4.78, 5) is 28.2. The summed E-state index contributed by atoms with van der Waals surface area (Å²) >= 11 is 0. The second kappa shape index (κ2) is 8.29. The molecule has 0 spiro atoms. The van der Waals surface area contributed by atoms with Crippen molar-refractivity contribution < 1.29 is 9.59 Å². The van der Waals surface area contributed by atoms with Crippen LogP contribution in [0.15, 0.2) is 24.3 Å². The minimum Gasteiger partial charge on any atom is -0.324 e. The normalized spacial score (nSPS) is 16.2. The monoisotopic (exact) mass is 331 g/mol. The molecule has 132 valence electrons. The summed E-state index contributed by atoms with van der Waals surface area (Å²) in [6.45, 7) is 9.02. The fraction of sp³-hybridized carbons (Fsp3) is 0.579. The highest BCUT2D eigenvalue weighted by Crippen LogP contribution is 2.27. The van der Waals surface area contributed by atoms with Crippen LogP contribution in [0, 0.1) is 11.8 Å². The number of amides is 2. The number of carbonyl (C=O) groups excluding carboxylic acids is 2. The lowest BCUT2D eigenvalue weighted by molar-refractivity contribution is -0.121. The van der Waals surface area contributed by atoms with E-state index in [4.69, 9.17) is 0 Å². The molecule has 5 heteroatoms. The van der Waals surface area contributed by atoms with Crippen molar-refractivity contribution in [3.8, 4) is 0 Å². The van der Waals surface area contributed by atoms with Gasteiger partial charge in [0.05, 0.1) is 11.4 Å². The SMILES string of the molecule is CC(=O)N(C)c1ccccc1NC(=O)C1CCN(CC(C)C)CC1. The molecule has 1 saturated heterocycles. The first kappa shape index (κ1) is 18.5. The van der Waals surface area contributed by atoms with Crippen LogP contribution in [-0.4, -0.2) is 43.4 Å². The molecular formula is C19H29N3O2. The Balaban J connectivity index is 1.97. The first-order valence-corrected chi connectivity index (χ1v) is 8.75. The van der Waals surface area contributed by atoms with Gasteiger partial charge in [-0.1, -0.05) is 26.0 Å². The van der Waals surface area contributed by atoms with Crippen molar-refractivity contribution in [1.29, 1.82) is 0 Å². The van der Waals surface area contributed by atoms with Crippen LogP contribution >= 0.6 is 0 Å². The van der Waals surface area contributed by atoms with Gasteiger partial charge in [0.2, 0.25) is 11.8 Å². The molecular weight excluding hydrogens is 302 g/mol. The van der Waals surface area contributed by atoms with Gasteiger partial charge in [0.25, 0.3) is 0 Å². The highest BCUT2D eigenvalue weighted by Gasteiger charge is 2.26. The van der Waals surface area contributed by atoms with Crippen molar-refractivity contribution in [2.75, 3.05) is 36.9 Å². The van der Waals surface area contributed by atoms with Crippen LogP contribution in [0.1, 0.15) is 33.6 Å². The molecule has 0 bridgehead atoms. The average Bonchev–Trinajstić information content (AvgIpc) is 2.54. The number of piperidine rings is 1. The Bertz CT molecular complexity index is 578. The molecule has 2 amide bonds. The third-order valence-electron chi connectivity index (χ3n) is 4.58. The summed E-state index contributed by atoms with van der Waals surface area (Å²) in [6.07, 6.45) is 1.78. The Kier molecular flexibility index (Phi) is 6.37. The molecule has 1 heterocycles. The van der Waals surface area contributed by atoms with Crippen molar-refractivity contribution >= 4 is 23.2 Å². The van der Waals surface area contributed by atoms with E-state index in [2.05, 4.69) is 24.1 Å². The number of hydrogen-bond donors (Lipinski definition) is 1. The number of nitrogens with zero attached hydrogens (tertiary/aromatic N) is 2. The van der Waals surface area contributed by atoms with Gasteiger partial charge in [0.1, 0.15) is 0 Å². The minimum atomic E-state index is -0.0568. The molecule has 1 N–H and O–H groups in total. The zero-order valence-electron chi connectivity index (χ0n) is 15.2. The van der Waals surface area contributed by atoms with E-state index in [1.807, 2.05) is 24.3 Å². The van der Waals surface area contributed by atoms with Crippen LogP contribution in [0.3, 0.4) is 0 Å². The molecule has 1 aromatic carbocycles. The highest BCUT2D eigenvalue weighted by molar-refractivity contribution is 6.00. The molecule has 1 aliphatic heterocycles. The summed E-state index contributed by atoms with van der Waals surface area (Å²) in [5.74, 6) is 0.704. The van der Waals surface area contributed by atoms with Gasteiger partial charge in [0, 0.05) is 26.4 Å². The van der Waals surface area contributed by atoms with Gasteiger partial charge in [-0.3, -0.25) is 9.59 Å². The predicted molar refractivity (Wildman–Crippen MR) is 98.2 cm³/mol. The maximum atomic E-state index is 12.6. The molecule has 0 atom stereocenters. The largest absolute Gasteiger partial charge is 0.324 e. The van der Waals surface area contributed by atoms with Crippen molar-refractivity contribution in [3.63, 3.8) is 0 Å². The summed E-state index contributed by atoms with van der Waals surface area (Å²) in [5, 5.41) is 3.02. The lowest BCUT2D eigenvalue weighted by Crippen LogP contribution is -2.39. The number of anilines is 2. The van der Waals surface area contributed by atoms with E-state index in [9.17, 15) is 9.59 Å². The predicted octanol–water partition coefficient (Wildman–Crippen LogP) is 2.98. The van der Waals surface area contributed by atoms with Crippen molar-refractivity contribution in [1.82, 2.24) is 4.90 Å². The lowest BCUT2D eigenvalue weighted by atomic mass is 9.95. The molecule has 5 nitrogen and oxygen atoms in total. The van der Waals surface area contributed by atoms with Gasteiger partial charge in [-0.05, 0) is 44.0 Å². The van der Waals surface area contributed by atoms with E-state index < -0.39 is 0 Å². The van der Waals surface area contributed by atoms with Gasteiger partial charge < -0.3 is 15.1 Å². The number of hydrogen-bond acceptors (Lipinski definition) is 3. The van der Waals surface area contributed by atoms with E-state index in [0.29, 0.717) is 11.6 Å². The topological polar surface area (TPSA) is 52.7 Å². The molecule has 1 fully saturated rings. The molecule has 2 rings (SSSR count). The zero-order chi connectivity index (χ0) is 17.7. The quantitative estimate of drug-likeness (QED) is 0.902. The number of para-hydroxylation sites is 2. The molecule has 0 saturated carbocycles. The molecule has 24 heavy (non-hydrogen) atoms. The summed E-state index contributed by atoms with van der Waals surface area (Å²) in [6, 6.07) is 7.44. The second-order valence-corrected chi connectivity index (χ2v) is 7.05. The first-order valence-electron chi connectivity index (χ1n) is 8.75. The van der Waals surface area contributed by atoms with E-state index in [1.165, 1.54) is 6.92 Å². The highest BCUT2D eigenvalue weighted by atomic mass is 16.2. The van der Waals surface area contributed by atoms with Crippen molar-refractivity contribution in [2.45, 2.75) is 33.6 Å². The van der Waals surface area contributed by atoms with Crippen LogP contribution in [0.2, 0.25) is 0 Å². The molecule has 1 aromatic rings. The van der Waals surface area contributed by atoms with Gasteiger partial charge in [-0.2, -0.15) is 0 Å². The number of nitrogens with one attached hydrogen (secondary N) is 1. The maximum Gasteiger partial charge on any atom is 0.227 e. The summed E-state index contributed by atoms with van der Waals surface area (Å²) in [5.41, 5.74) is 1.43. The molecule has 0 aromatic heterocycles. The van der Waals surface area contributed by atoms with E-state index in [0.717, 1.165) is 38.2 Å². The minimum absolute atomic E-state index is 0.0455. The van der Waals surface area contributed by atoms with Crippen LogP contribution < -0.4 is 10.2 Å². The zero-order valence-corrected chi connectivity index (χ0v) is 15.2. The fourth-order valence-corrected chi connectivity index (χ4v) is 3.17. The lowest BCUT2D eigenvalue weighted by Gasteiger charge is -2.32. The van der Waals surface area contributed by atoms with Crippen LogP contribution in [0.4, 0.5) is 11.4 Å². The molecule has 0 unspecified atom stereocenters. The molecule has 0 radical (unpaired) electrons. The number of benzene rings is 1. The maximum absolute atomic E-state index is 12.6. The Morgan fingerprint density at radius 1 is 1.25 bits per heavy atom.